The number of hydrogen-bond donors (Lipinski definition) is 1. The van der Waals surface area contributed by atoms with E-state index in [1.807, 2.05) is 0 Å². The molecule has 0 aliphatic heterocycles. The van der Waals surface area contributed by atoms with Gasteiger partial charge in [-0.1, -0.05) is 0 Å². The zero-order chi connectivity index (χ0) is 11.6. The average Bonchev–Trinajstić information content (AvgIpc) is 2.48. The summed E-state index contributed by atoms with van der Waals surface area (Å²) in [6, 6.07) is 1.62. The van der Waals surface area contributed by atoms with E-state index in [4.69, 9.17) is 10.4 Å². The Labute approximate surface area is 82.2 Å². The van der Waals surface area contributed by atoms with E-state index in [1.54, 1.807) is 6.07 Å². The first-order chi connectivity index (χ1) is 6.86. The molecule has 1 N–H and O–H groups in total. The Bertz CT molecular complexity index is 428. The van der Waals surface area contributed by atoms with E-state index in [0.29, 0.717) is 6.20 Å². The van der Waals surface area contributed by atoms with Crippen LogP contribution in [0.3, 0.4) is 0 Å². The highest BCUT2D eigenvalue weighted by Gasteiger charge is 2.36. The predicted molar refractivity (Wildman–Crippen MR) is 42.0 cm³/mol. The average molecular weight is 218 g/mol. The maximum atomic E-state index is 12.3. The third kappa shape index (κ3) is 2.28. The summed E-state index contributed by atoms with van der Waals surface area (Å²) in [7, 11) is 0. The third-order valence-electron chi connectivity index (χ3n) is 1.67. The maximum Gasteiger partial charge on any atom is 0.418 e. The smallest absolute Gasteiger partial charge is 0.418 e. The zero-order valence-corrected chi connectivity index (χ0v) is 7.25. The molecule has 0 aliphatic carbocycles. The van der Waals surface area contributed by atoms with Crippen LogP contribution in [-0.4, -0.2) is 15.6 Å². The summed E-state index contributed by atoms with van der Waals surface area (Å²) >= 11 is 0. The lowest BCUT2D eigenvalue weighted by Crippen LogP contribution is -2.09. The van der Waals surface area contributed by atoms with Gasteiger partial charge >= 0.3 is 12.1 Å². The molecule has 0 bridgehead atoms. The Kier molecular flexibility index (Phi) is 2.70. The summed E-state index contributed by atoms with van der Waals surface area (Å²) in [6.45, 7) is -0.323. The van der Waals surface area contributed by atoms with Crippen molar-refractivity contribution >= 4 is 5.97 Å². The van der Waals surface area contributed by atoms with E-state index in [0.717, 1.165) is 10.8 Å². The highest BCUT2D eigenvalue weighted by atomic mass is 19.4. The molecule has 80 valence electrons. The number of carboxylic acids is 1. The second-order valence-corrected chi connectivity index (χ2v) is 2.72. The second kappa shape index (κ2) is 3.65. The number of alkyl halides is 3. The van der Waals surface area contributed by atoms with Crippen molar-refractivity contribution in [3.63, 3.8) is 0 Å². The molecular weight excluding hydrogens is 213 g/mol. The van der Waals surface area contributed by atoms with Crippen molar-refractivity contribution in [3.05, 3.63) is 23.5 Å². The first-order valence-corrected chi connectivity index (χ1v) is 3.73. The SMILES string of the molecule is N#CCn1cc(C(=O)O)c(C(F)(F)F)c1. The van der Waals surface area contributed by atoms with Crippen molar-refractivity contribution in [1.82, 2.24) is 4.57 Å². The molecule has 7 heteroatoms. The molecule has 1 rings (SSSR count). The van der Waals surface area contributed by atoms with Gasteiger partial charge in [0.25, 0.3) is 0 Å². The van der Waals surface area contributed by atoms with Crippen LogP contribution < -0.4 is 0 Å². The molecule has 1 aromatic heterocycles. The Balaban J connectivity index is 3.25. The number of aromatic nitrogens is 1. The van der Waals surface area contributed by atoms with E-state index < -0.39 is 23.3 Å². The van der Waals surface area contributed by atoms with Gasteiger partial charge in [0.15, 0.2) is 0 Å². The summed E-state index contributed by atoms with van der Waals surface area (Å²) in [5.74, 6) is -1.67. The lowest BCUT2D eigenvalue weighted by Gasteiger charge is -2.03. The van der Waals surface area contributed by atoms with Crippen LogP contribution in [0.2, 0.25) is 0 Å². The van der Waals surface area contributed by atoms with Crippen LogP contribution in [-0.2, 0) is 12.7 Å². The highest BCUT2D eigenvalue weighted by Crippen LogP contribution is 2.32. The summed E-state index contributed by atoms with van der Waals surface area (Å²) in [4.78, 5) is 10.5. The Hall–Kier alpha value is -1.97. The third-order valence-corrected chi connectivity index (χ3v) is 1.67. The van der Waals surface area contributed by atoms with Gasteiger partial charge < -0.3 is 9.67 Å². The first kappa shape index (κ1) is 11.1. The standard InChI is InChI=1S/C8H5F3N2O2/c9-8(10,11)6-4-13(2-1-12)3-5(6)7(14)15/h3-4H,2H2,(H,14,15). The zero-order valence-electron chi connectivity index (χ0n) is 7.25. The van der Waals surface area contributed by atoms with E-state index >= 15 is 0 Å². The fourth-order valence-electron chi connectivity index (χ4n) is 1.08. The number of carbonyl (C=O) groups is 1. The van der Waals surface area contributed by atoms with Crippen molar-refractivity contribution in [2.24, 2.45) is 0 Å². The molecule has 0 atom stereocenters. The van der Waals surface area contributed by atoms with Crippen LogP contribution in [0.1, 0.15) is 15.9 Å². The van der Waals surface area contributed by atoms with Gasteiger partial charge in [-0.3, -0.25) is 0 Å². The van der Waals surface area contributed by atoms with Crippen molar-refractivity contribution in [2.45, 2.75) is 12.7 Å². The van der Waals surface area contributed by atoms with Gasteiger partial charge in [0, 0.05) is 12.4 Å². The maximum absolute atomic E-state index is 12.3. The number of hydrogen-bond acceptors (Lipinski definition) is 2. The van der Waals surface area contributed by atoms with E-state index in [1.165, 1.54) is 0 Å². The highest BCUT2D eigenvalue weighted by molar-refractivity contribution is 5.89. The van der Waals surface area contributed by atoms with Crippen LogP contribution in [0.4, 0.5) is 13.2 Å². The summed E-state index contributed by atoms with van der Waals surface area (Å²) in [5.41, 5.74) is -2.09. The summed E-state index contributed by atoms with van der Waals surface area (Å²) in [6.07, 6.45) is -3.34. The number of halogens is 3. The first-order valence-electron chi connectivity index (χ1n) is 3.73. The molecule has 0 unspecified atom stereocenters. The van der Waals surface area contributed by atoms with Crippen molar-refractivity contribution in [1.29, 1.82) is 5.26 Å². The Morgan fingerprint density at radius 1 is 1.53 bits per heavy atom. The van der Waals surface area contributed by atoms with Crippen molar-refractivity contribution < 1.29 is 23.1 Å². The molecule has 0 spiro atoms. The van der Waals surface area contributed by atoms with Gasteiger partial charge in [-0.05, 0) is 0 Å². The number of nitriles is 1. The summed E-state index contributed by atoms with van der Waals surface area (Å²) < 4.78 is 37.8. The molecule has 0 aromatic carbocycles. The molecule has 0 saturated carbocycles. The van der Waals surface area contributed by atoms with Gasteiger partial charge in [0.05, 0.1) is 17.2 Å². The fraction of sp³-hybridized carbons (Fsp3) is 0.250. The van der Waals surface area contributed by atoms with Gasteiger partial charge in [-0.2, -0.15) is 18.4 Å². The van der Waals surface area contributed by atoms with Gasteiger partial charge in [-0.25, -0.2) is 4.79 Å². The van der Waals surface area contributed by atoms with E-state index in [2.05, 4.69) is 0 Å². The van der Waals surface area contributed by atoms with Crippen molar-refractivity contribution in [3.8, 4) is 6.07 Å². The quantitative estimate of drug-likeness (QED) is 0.821. The summed E-state index contributed by atoms with van der Waals surface area (Å²) in [5, 5.41) is 16.8. The van der Waals surface area contributed by atoms with Gasteiger partial charge in [0.1, 0.15) is 6.54 Å². The number of aromatic carboxylic acids is 1. The molecule has 0 fully saturated rings. The predicted octanol–water partition coefficient (Wildman–Crippen LogP) is 1.73. The number of nitrogens with zero attached hydrogens (tertiary/aromatic N) is 2. The van der Waals surface area contributed by atoms with Gasteiger partial charge in [-0.15, -0.1) is 0 Å². The molecule has 0 aliphatic rings. The lowest BCUT2D eigenvalue weighted by molar-refractivity contribution is -0.138. The Morgan fingerprint density at radius 2 is 2.13 bits per heavy atom. The lowest BCUT2D eigenvalue weighted by atomic mass is 10.2. The minimum atomic E-state index is -4.73. The van der Waals surface area contributed by atoms with Crippen LogP contribution in [0.5, 0.6) is 0 Å². The van der Waals surface area contributed by atoms with Crippen molar-refractivity contribution in [2.75, 3.05) is 0 Å². The number of rotatable bonds is 2. The topological polar surface area (TPSA) is 66.0 Å². The van der Waals surface area contributed by atoms with Crippen LogP contribution >= 0.6 is 0 Å². The Morgan fingerprint density at radius 3 is 2.47 bits per heavy atom. The van der Waals surface area contributed by atoms with E-state index in [-0.39, 0.29) is 6.54 Å². The van der Waals surface area contributed by atoms with Crippen LogP contribution in [0.15, 0.2) is 12.4 Å². The normalized spacial score (nSPS) is 11.1. The molecule has 0 saturated heterocycles. The largest absolute Gasteiger partial charge is 0.478 e. The molecule has 15 heavy (non-hydrogen) atoms. The number of carboxylic acid groups (broad SMARTS) is 1. The molecule has 0 amide bonds. The second-order valence-electron chi connectivity index (χ2n) is 2.72. The van der Waals surface area contributed by atoms with Crippen LogP contribution in [0, 0.1) is 11.3 Å². The van der Waals surface area contributed by atoms with Gasteiger partial charge in [0.2, 0.25) is 0 Å². The molecule has 4 nitrogen and oxygen atoms in total. The monoisotopic (exact) mass is 218 g/mol. The van der Waals surface area contributed by atoms with E-state index in [9.17, 15) is 18.0 Å². The molecule has 1 heterocycles. The minimum Gasteiger partial charge on any atom is -0.478 e. The molecule has 0 radical (unpaired) electrons. The molecular formula is C8H5F3N2O2. The fourth-order valence-corrected chi connectivity index (χ4v) is 1.08. The van der Waals surface area contributed by atoms with Crippen LogP contribution in [0.25, 0.3) is 0 Å². The minimum absolute atomic E-state index is 0.323. The molecule has 1 aromatic rings.